The summed E-state index contributed by atoms with van der Waals surface area (Å²) in [6, 6.07) is 6.16. The molecule has 0 aliphatic carbocycles. The van der Waals surface area contributed by atoms with Crippen molar-refractivity contribution in [2.24, 2.45) is 0 Å². The zero-order chi connectivity index (χ0) is 10.1. The van der Waals surface area contributed by atoms with Gasteiger partial charge in [-0.25, -0.2) is 0 Å². The van der Waals surface area contributed by atoms with Crippen molar-refractivity contribution in [1.82, 2.24) is 10.2 Å². The van der Waals surface area contributed by atoms with Crippen LogP contribution in [-0.2, 0) is 0 Å². The lowest BCUT2D eigenvalue weighted by atomic mass is 10.1. The van der Waals surface area contributed by atoms with E-state index >= 15 is 0 Å². The van der Waals surface area contributed by atoms with Crippen LogP contribution in [0.5, 0.6) is 0 Å². The highest BCUT2D eigenvalue weighted by molar-refractivity contribution is 5.59. The Morgan fingerprint density at radius 2 is 2.00 bits per heavy atom. The molecule has 0 saturated carbocycles. The van der Waals surface area contributed by atoms with Crippen molar-refractivity contribution in [2.45, 2.75) is 13.8 Å². The van der Waals surface area contributed by atoms with Gasteiger partial charge in [0.15, 0.2) is 0 Å². The fourth-order valence-corrected chi connectivity index (χ4v) is 1.31. The van der Waals surface area contributed by atoms with Crippen molar-refractivity contribution in [3.05, 3.63) is 29.3 Å². The first-order valence-electron chi connectivity index (χ1n) is 4.33. The van der Waals surface area contributed by atoms with E-state index in [0.29, 0.717) is 5.89 Å². The quantitative estimate of drug-likeness (QED) is 0.744. The van der Waals surface area contributed by atoms with Gasteiger partial charge in [0.25, 0.3) is 0 Å². The van der Waals surface area contributed by atoms with E-state index in [1.54, 1.807) is 0 Å². The van der Waals surface area contributed by atoms with Gasteiger partial charge in [-0.05, 0) is 25.5 Å². The third-order valence-electron chi connectivity index (χ3n) is 2.06. The van der Waals surface area contributed by atoms with Crippen LogP contribution in [0.2, 0.25) is 0 Å². The summed E-state index contributed by atoms with van der Waals surface area (Å²) in [6.45, 7) is 4.01. The van der Waals surface area contributed by atoms with Gasteiger partial charge >= 0.3 is 6.01 Å². The number of aromatic nitrogens is 2. The summed E-state index contributed by atoms with van der Waals surface area (Å²) in [4.78, 5) is 0. The molecule has 14 heavy (non-hydrogen) atoms. The maximum absolute atomic E-state index is 5.36. The van der Waals surface area contributed by atoms with Gasteiger partial charge in [-0.2, -0.15) is 0 Å². The van der Waals surface area contributed by atoms with Crippen LogP contribution in [0, 0.1) is 13.8 Å². The molecule has 0 saturated heterocycles. The average Bonchev–Trinajstić information content (AvgIpc) is 2.56. The van der Waals surface area contributed by atoms with Crippen LogP contribution < -0.4 is 5.73 Å². The number of nitrogens with zero attached hydrogens (tertiary/aromatic N) is 2. The molecule has 0 bridgehead atoms. The van der Waals surface area contributed by atoms with Crippen molar-refractivity contribution < 1.29 is 4.42 Å². The Balaban J connectivity index is 2.55. The van der Waals surface area contributed by atoms with Crippen molar-refractivity contribution in [3.63, 3.8) is 0 Å². The van der Waals surface area contributed by atoms with E-state index in [1.165, 1.54) is 0 Å². The highest BCUT2D eigenvalue weighted by Crippen LogP contribution is 2.23. The number of benzene rings is 1. The molecule has 2 N–H and O–H groups in total. The van der Waals surface area contributed by atoms with Crippen LogP contribution in [0.25, 0.3) is 11.5 Å². The summed E-state index contributed by atoms with van der Waals surface area (Å²) in [5.74, 6) is 0.476. The lowest BCUT2D eigenvalue weighted by Gasteiger charge is -2.01. The summed E-state index contributed by atoms with van der Waals surface area (Å²) in [5, 5.41) is 7.47. The van der Waals surface area contributed by atoms with Gasteiger partial charge < -0.3 is 10.2 Å². The minimum Gasteiger partial charge on any atom is -0.404 e. The van der Waals surface area contributed by atoms with Crippen molar-refractivity contribution in [2.75, 3.05) is 5.73 Å². The SMILES string of the molecule is Cc1ccc(C)c(-c2nnc(N)o2)c1. The van der Waals surface area contributed by atoms with Gasteiger partial charge in [0.05, 0.1) is 0 Å². The van der Waals surface area contributed by atoms with Crippen molar-refractivity contribution >= 4 is 6.01 Å². The minimum atomic E-state index is 0.0981. The van der Waals surface area contributed by atoms with E-state index in [4.69, 9.17) is 10.2 Å². The number of hydrogen-bond donors (Lipinski definition) is 1. The van der Waals surface area contributed by atoms with E-state index < -0.39 is 0 Å². The molecular weight excluding hydrogens is 178 g/mol. The molecule has 0 fully saturated rings. The Bertz CT molecular complexity index is 462. The Kier molecular flexibility index (Phi) is 1.96. The van der Waals surface area contributed by atoms with Gasteiger partial charge in [-0.15, -0.1) is 5.10 Å². The van der Waals surface area contributed by atoms with E-state index in [2.05, 4.69) is 10.2 Å². The van der Waals surface area contributed by atoms with E-state index in [-0.39, 0.29) is 6.01 Å². The van der Waals surface area contributed by atoms with Gasteiger partial charge in [-0.3, -0.25) is 0 Å². The summed E-state index contributed by atoms with van der Waals surface area (Å²) < 4.78 is 5.16. The van der Waals surface area contributed by atoms with Gasteiger partial charge in [0.2, 0.25) is 5.89 Å². The molecule has 1 heterocycles. The Morgan fingerprint density at radius 3 is 2.64 bits per heavy atom. The minimum absolute atomic E-state index is 0.0981. The average molecular weight is 189 g/mol. The molecule has 2 rings (SSSR count). The standard InChI is InChI=1S/C10H11N3O/c1-6-3-4-7(2)8(5-6)9-12-13-10(11)14-9/h3-5H,1-2H3,(H2,11,13). The van der Waals surface area contributed by atoms with Crippen LogP contribution in [0.3, 0.4) is 0 Å². The summed E-state index contributed by atoms with van der Waals surface area (Å²) in [6.07, 6.45) is 0. The van der Waals surface area contributed by atoms with Crippen LogP contribution in [0.4, 0.5) is 6.01 Å². The second kappa shape index (κ2) is 3.14. The fourth-order valence-electron chi connectivity index (χ4n) is 1.31. The Hall–Kier alpha value is -1.84. The van der Waals surface area contributed by atoms with Gasteiger partial charge in [0, 0.05) is 5.56 Å². The summed E-state index contributed by atoms with van der Waals surface area (Å²) in [7, 11) is 0. The first-order chi connectivity index (χ1) is 6.66. The Labute approximate surface area is 81.8 Å². The number of hydrogen-bond acceptors (Lipinski definition) is 4. The predicted molar refractivity (Wildman–Crippen MR) is 53.6 cm³/mol. The molecule has 0 unspecified atom stereocenters. The zero-order valence-electron chi connectivity index (χ0n) is 8.11. The molecule has 4 nitrogen and oxygen atoms in total. The van der Waals surface area contributed by atoms with Crippen LogP contribution in [-0.4, -0.2) is 10.2 Å². The normalized spacial score (nSPS) is 10.4. The third kappa shape index (κ3) is 1.46. The Morgan fingerprint density at radius 1 is 1.21 bits per heavy atom. The second-order valence-electron chi connectivity index (χ2n) is 3.26. The molecule has 1 aromatic carbocycles. The number of rotatable bonds is 1. The third-order valence-corrected chi connectivity index (χ3v) is 2.06. The first-order valence-corrected chi connectivity index (χ1v) is 4.33. The topological polar surface area (TPSA) is 64.9 Å². The largest absolute Gasteiger partial charge is 0.404 e. The second-order valence-corrected chi connectivity index (χ2v) is 3.26. The lowest BCUT2D eigenvalue weighted by Crippen LogP contribution is -1.84. The van der Waals surface area contributed by atoms with Crippen LogP contribution in [0.15, 0.2) is 22.6 Å². The van der Waals surface area contributed by atoms with Crippen LogP contribution >= 0.6 is 0 Å². The molecule has 0 aliphatic heterocycles. The number of nitrogens with two attached hydrogens (primary N) is 1. The monoisotopic (exact) mass is 189 g/mol. The van der Waals surface area contributed by atoms with E-state index in [9.17, 15) is 0 Å². The smallest absolute Gasteiger partial charge is 0.313 e. The summed E-state index contributed by atoms with van der Waals surface area (Å²) in [5.41, 5.74) is 8.55. The maximum atomic E-state index is 5.36. The molecule has 4 heteroatoms. The molecule has 0 aliphatic rings. The highest BCUT2D eigenvalue weighted by atomic mass is 16.4. The molecule has 0 atom stereocenters. The number of aryl methyl sites for hydroxylation is 2. The molecule has 0 amide bonds. The van der Waals surface area contributed by atoms with E-state index in [0.717, 1.165) is 16.7 Å². The number of anilines is 1. The van der Waals surface area contributed by atoms with E-state index in [1.807, 2.05) is 32.0 Å². The maximum Gasteiger partial charge on any atom is 0.313 e. The zero-order valence-corrected chi connectivity index (χ0v) is 8.11. The van der Waals surface area contributed by atoms with Crippen molar-refractivity contribution in [3.8, 4) is 11.5 Å². The highest BCUT2D eigenvalue weighted by Gasteiger charge is 2.08. The fraction of sp³-hybridized carbons (Fsp3) is 0.200. The number of nitrogen functional groups attached to an aromatic ring is 1. The molecule has 72 valence electrons. The molecule has 0 spiro atoms. The molecule has 2 aromatic rings. The predicted octanol–water partition coefficient (Wildman–Crippen LogP) is 1.94. The van der Waals surface area contributed by atoms with Crippen molar-refractivity contribution in [1.29, 1.82) is 0 Å². The van der Waals surface area contributed by atoms with Gasteiger partial charge in [-0.1, -0.05) is 22.8 Å². The molecule has 1 aromatic heterocycles. The molecule has 0 radical (unpaired) electrons. The van der Waals surface area contributed by atoms with Crippen LogP contribution in [0.1, 0.15) is 11.1 Å². The van der Waals surface area contributed by atoms with Gasteiger partial charge in [0.1, 0.15) is 0 Å². The molecular formula is C10H11N3O. The lowest BCUT2D eigenvalue weighted by molar-refractivity contribution is 0.589. The first kappa shape index (κ1) is 8.74. The summed E-state index contributed by atoms with van der Waals surface area (Å²) >= 11 is 0.